The summed E-state index contributed by atoms with van der Waals surface area (Å²) in [6, 6.07) is 5.53. The molecule has 0 fully saturated rings. The van der Waals surface area contributed by atoms with Crippen LogP contribution < -0.4 is 5.32 Å². The first kappa shape index (κ1) is 11.1. The average Bonchev–Trinajstić information content (AvgIpc) is 2.30. The van der Waals surface area contributed by atoms with Gasteiger partial charge in [0, 0.05) is 13.0 Å². The first-order valence-corrected chi connectivity index (χ1v) is 4.90. The molecule has 0 aliphatic carbocycles. The molecule has 1 aromatic heterocycles. The normalized spacial score (nSPS) is 8.93. The fourth-order valence-corrected chi connectivity index (χ4v) is 1.15. The van der Waals surface area contributed by atoms with Gasteiger partial charge in [0.2, 0.25) is 0 Å². The highest BCUT2D eigenvalue weighted by atomic mass is 14.9. The zero-order chi connectivity index (χ0) is 10.9. The molecule has 76 valence electrons. The van der Waals surface area contributed by atoms with Gasteiger partial charge in [0.25, 0.3) is 0 Å². The van der Waals surface area contributed by atoms with Crippen LogP contribution in [-0.4, -0.2) is 11.5 Å². The van der Waals surface area contributed by atoms with E-state index in [1.807, 2.05) is 12.1 Å². The number of rotatable bonds is 5. The molecule has 1 rings (SSSR count). The van der Waals surface area contributed by atoms with Gasteiger partial charge in [-0.3, -0.25) is 0 Å². The maximum atomic E-state index is 8.55. The van der Waals surface area contributed by atoms with Gasteiger partial charge in [0.1, 0.15) is 11.8 Å². The molecular formula is C12H13N3. The maximum Gasteiger partial charge on any atom is 0.140 e. The number of pyridine rings is 1. The van der Waals surface area contributed by atoms with Gasteiger partial charge in [0.05, 0.1) is 11.9 Å². The molecule has 0 saturated carbocycles. The van der Waals surface area contributed by atoms with E-state index in [-0.39, 0.29) is 0 Å². The van der Waals surface area contributed by atoms with E-state index in [2.05, 4.69) is 16.2 Å². The van der Waals surface area contributed by atoms with E-state index < -0.39 is 0 Å². The highest BCUT2D eigenvalue weighted by molar-refractivity contribution is 5.42. The Morgan fingerprint density at radius 2 is 2.27 bits per heavy atom. The molecule has 1 N–H and O–H groups in total. The van der Waals surface area contributed by atoms with Crippen molar-refractivity contribution in [1.29, 1.82) is 5.26 Å². The summed E-state index contributed by atoms with van der Waals surface area (Å²) in [7, 11) is 0. The van der Waals surface area contributed by atoms with Crippen molar-refractivity contribution in [3.63, 3.8) is 0 Å². The van der Waals surface area contributed by atoms with E-state index in [0.717, 1.165) is 31.5 Å². The molecule has 3 nitrogen and oxygen atoms in total. The summed E-state index contributed by atoms with van der Waals surface area (Å²) in [4.78, 5) is 3.96. The minimum absolute atomic E-state index is 0.438. The lowest BCUT2D eigenvalue weighted by Gasteiger charge is -2.04. The Hall–Kier alpha value is -2.00. The summed E-state index contributed by atoms with van der Waals surface area (Å²) >= 11 is 0. The van der Waals surface area contributed by atoms with Crippen LogP contribution in [0.25, 0.3) is 0 Å². The van der Waals surface area contributed by atoms with Gasteiger partial charge in [-0.15, -0.1) is 12.3 Å². The predicted molar refractivity (Wildman–Crippen MR) is 60.1 cm³/mol. The van der Waals surface area contributed by atoms with Crippen LogP contribution >= 0.6 is 0 Å². The molecule has 3 heteroatoms. The number of nitrogens with zero attached hydrogens (tertiary/aromatic N) is 2. The lowest BCUT2D eigenvalue weighted by Crippen LogP contribution is -2.01. The quantitative estimate of drug-likeness (QED) is 0.584. The lowest BCUT2D eigenvalue weighted by atomic mass is 10.2. The number of unbranched alkanes of at least 4 members (excludes halogenated alkanes) is 2. The summed E-state index contributed by atoms with van der Waals surface area (Å²) in [5.74, 6) is 2.61. The van der Waals surface area contributed by atoms with E-state index >= 15 is 0 Å². The molecule has 0 amide bonds. The number of aromatic nitrogens is 1. The molecular weight excluding hydrogens is 186 g/mol. The summed E-state index contributed by atoms with van der Waals surface area (Å²) in [5, 5.41) is 11.8. The molecule has 0 atom stereocenters. The lowest BCUT2D eigenvalue weighted by molar-refractivity contribution is 0.789. The average molecular weight is 199 g/mol. The standard InChI is InChI=1S/C12H13N3/c1-2-3-4-5-8-14-12-7-6-11(9-13)15-10-12/h1,6-7,10,14H,3-5,8H2. The molecule has 0 unspecified atom stereocenters. The van der Waals surface area contributed by atoms with Crippen molar-refractivity contribution in [2.45, 2.75) is 19.3 Å². The van der Waals surface area contributed by atoms with Gasteiger partial charge in [-0.2, -0.15) is 5.26 Å². The zero-order valence-electron chi connectivity index (χ0n) is 8.53. The van der Waals surface area contributed by atoms with Crippen LogP contribution in [-0.2, 0) is 0 Å². The third-order valence-electron chi connectivity index (χ3n) is 1.96. The van der Waals surface area contributed by atoms with Crippen LogP contribution in [0.2, 0.25) is 0 Å². The largest absolute Gasteiger partial charge is 0.384 e. The second kappa shape index (κ2) is 6.45. The highest BCUT2D eigenvalue weighted by Crippen LogP contribution is 2.05. The Balaban J connectivity index is 2.27. The minimum Gasteiger partial charge on any atom is -0.384 e. The second-order valence-electron chi connectivity index (χ2n) is 3.13. The van der Waals surface area contributed by atoms with Crippen molar-refractivity contribution < 1.29 is 0 Å². The molecule has 1 aromatic rings. The van der Waals surface area contributed by atoms with Crippen LogP contribution in [0.15, 0.2) is 18.3 Å². The van der Waals surface area contributed by atoms with Crippen LogP contribution in [0.5, 0.6) is 0 Å². The first-order valence-electron chi connectivity index (χ1n) is 4.90. The number of nitriles is 1. The smallest absolute Gasteiger partial charge is 0.140 e. The number of terminal acetylenes is 1. The van der Waals surface area contributed by atoms with Crippen LogP contribution in [0, 0.1) is 23.7 Å². The topological polar surface area (TPSA) is 48.7 Å². The van der Waals surface area contributed by atoms with E-state index in [1.165, 1.54) is 0 Å². The SMILES string of the molecule is C#CCCCCNc1ccc(C#N)nc1. The van der Waals surface area contributed by atoms with Crippen molar-refractivity contribution >= 4 is 5.69 Å². The van der Waals surface area contributed by atoms with Crippen molar-refractivity contribution in [3.8, 4) is 18.4 Å². The minimum atomic E-state index is 0.438. The zero-order valence-corrected chi connectivity index (χ0v) is 8.53. The third-order valence-corrected chi connectivity index (χ3v) is 1.96. The molecule has 15 heavy (non-hydrogen) atoms. The summed E-state index contributed by atoms with van der Waals surface area (Å²) in [5.41, 5.74) is 1.38. The van der Waals surface area contributed by atoms with Crippen molar-refractivity contribution in [3.05, 3.63) is 24.0 Å². The van der Waals surface area contributed by atoms with Gasteiger partial charge in [0.15, 0.2) is 0 Å². The number of nitrogens with one attached hydrogen (secondary N) is 1. The van der Waals surface area contributed by atoms with Gasteiger partial charge < -0.3 is 5.32 Å². The van der Waals surface area contributed by atoms with E-state index in [0.29, 0.717) is 5.69 Å². The van der Waals surface area contributed by atoms with Crippen LogP contribution in [0.1, 0.15) is 25.0 Å². The Morgan fingerprint density at radius 1 is 1.40 bits per heavy atom. The van der Waals surface area contributed by atoms with Gasteiger partial charge in [-0.25, -0.2) is 4.98 Å². The molecule has 0 aliphatic rings. The second-order valence-corrected chi connectivity index (χ2v) is 3.13. The van der Waals surface area contributed by atoms with Crippen molar-refractivity contribution in [1.82, 2.24) is 4.98 Å². The number of anilines is 1. The Bertz CT molecular complexity index is 367. The molecule has 0 radical (unpaired) electrons. The highest BCUT2D eigenvalue weighted by Gasteiger charge is 1.93. The summed E-state index contributed by atoms with van der Waals surface area (Å²) < 4.78 is 0. The van der Waals surface area contributed by atoms with Gasteiger partial charge in [-0.05, 0) is 25.0 Å². The van der Waals surface area contributed by atoms with Crippen molar-refractivity contribution in [2.24, 2.45) is 0 Å². The summed E-state index contributed by atoms with van der Waals surface area (Å²) in [6.45, 7) is 0.884. The fourth-order valence-electron chi connectivity index (χ4n) is 1.15. The summed E-state index contributed by atoms with van der Waals surface area (Å²) in [6.07, 6.45) is 9.72. The Labute approximate surface area is 90.1 Å². The molecule has 0 aromatic carbocycles. The van der Waals surface area contributed by atoms with Gasteiger partial charge >= 0.3 is 0 Å². The first-order chi connectivity index (χ1) is 7.36. The Morgan fingerprint density at radius 3 is 2.87 bits per heavy atom. The molecule has 0 aliphatic heterocycles. The number of hydrogen-bond donors (Lipinski definition) is 1. The monoisotopic (exact) mass is 199 g/mol. The van der Waals surface area contributed by atoms with E-state index in [1.54, 1.807) is 12.3 Å². The van der Waals surface area contributed by atoms with Crippen LogP contribution in [0.4, 0.5) is 5.69 Å². The molecule has 0 bridgehead atoms. The maximum absolute atomic E-state index is 8.55. The van der Waals surface area contributed by atoms with Crippen LogP contribution in [0.3, 0.4) is 0 Å². The molecule has 0 saturated heterocycles. The number of hydrogen-bond acceptors (Lipinski definition) is 3. The van der Waals surface area contributed by atoms with Crippen molar-refractivity contribution in [2.75, 3.05) is 11.9 Å². The van der Waals surface area contributed by atoms with Gasteiger partial charge in [-0.1, -0.05) is 0 Å². The molecule has 0 spiro atoms. The Kier molecular flexibility index (Phi) is 4.77. The predicted octanol–water partition coefficient (Wildman–Crippen LogP) is 2.17. The fraction of sp³-hybridized carbons (Fsp3) is 0.333. The van der Waals surface area contributed by atoms with E-state index in [4.69, 9.17) is 11.7 Å². The molecule has 1 heterocycles. The van der Waals surface area contributed by atoms with E-state index in [9.17, 15) is 0 Å². The third kappa shape index (κ3) is 4.15.